The number of aromatic nitrogens is 6. The van der Waals surface area contributed by atoms with Gasteiger partial charge in [-0.05, 0) is 89.8 Å². The Bertz CT molecular complexity index is 3480. The number of halogens is 1. The first kappa shape index (κ1) is 51.5. The Labute approximate surface area is 430 Å². The number of nitrogens with zero attached hydrogens (tertiary/aromatic N) is 9. The number of anilines is 3. The Hall–Kier alpha value is -8.42. The fourth-order valence-electron chi connectivity index (χ4n) is 9.10. The normalized spacial score (nSPS) is 14.2. The Morgan fingerprint density at radius 1 is 0.587 bits per heavy atom. The third kappa shape index (κ3) is 11.2. The van der Waals surface area contributed by atoms with E-state index >= 15 is 0 Å². The molecule has 2 fully saturated rings. The predicted octanol–water partition coefficient (Wildman–Crippen LogP) is 12.1. The van der Waals surface area contributed by atoms with E-state index in [1.807, 2.05) is 63.2 Å². The van der Waals surface area contributed by atoms with Crippen LogP contribution in [0.3, 0.4) is 0 Å². The van der Waals surface area contributed by atoms with Gasteiger partial charge in [0.25, 0.3) is 0 Å². The van der Waals surface area contributed by atoms with Crippen LogP contribution >= 0.6 is 0 Å². The summed E-state index contributed by atoms with van der Waals surface area (Å²) < 4.78 is 35.3. The van der Waals surface area contributed by atoms with Crippen LogP contribution in [0.5, 0.6) is 0 Å². The molecule has 19 nitrogen and oxygen atoms in total. The van der Waals surface area contributed by atoms with Gasteiger partial charge in [0.2, 0.25) is 34.4 Å². The largest absolute Gasteiger partial charge is 0.475 e. The molecule has 7 aromatic heterocycles. The molecule has 3 N–H and O–H groups in total. The van der Waals surface area contributed by atoms with E-state index in [0.717, 1.165) is 66.8 Å². The number of hydrogen-bond acceptors (Lipinski definition) is 16. The molecule has 1 saturated heterocycles. The molecule has 2 aliphatic rings. The summed E-state index contributed by atoms with van der Waals surface area (Å²) in [5.74, 6) is -1.25. The van der Waals surface area contributed by atoms with E-state index in [9.17, 15) is 18.8 Å². The maximum absolute atomic E-state index is 13.3. The Morgan fingerprint density at radius 2 is 1.08 bits per heavy atom. The third-order valence-electron chi connectivity index (χ3n) is 13.6. The van der Waals surface area contributed by atoms with Gasteiger partial charge in [0.15, 0.2) is 23.2 Å². The van der Waals surface area contributed by atoms with Crippen molar-refractivity contribution < 1.29 is 51.8 Å². The summed E-state index contributed by atoms with van der Waals surface area (Å²) in [7, 11) is 3.89. The van der Waals surface area contributed by atoms with E-state index < -0.39 is 17.9 Å². The van der Waals surface area contributed by atoms with Gasteiger partial charge in [0, 0.05) is 74.3 Å². The molecule has 0 atom stereocenters. The second-order valence-corrected chi connectivity index (χ2v) is 19.3. The van der Waals surface area contributed by atoms with E-state index in [2.05, 4.69) is 48.6 Å². The van der Waals surface area contributed by atoms with E-state index in [0.29, 0.717) is 57.0 Å². The van der Waals surface area contributed by atoms with Crippen LogP contribution in [-0.4, -0.2) is 102 Å². The first-order valence-corrected chi connectivity index (χ1v) is 25.1. The number of carboxylic acid groups (broad SMARTS) is 3. The lowest BCUT2D eigenvalue weighted by molar-refractivity contribution is 0.0655. The van der Waals surface area contributed by atoms with Crippen LogP contribution in [0.15, 0.2) is 90.5 Å². The average Bonchev–Trinajstić information content (AvgIpc) is 4.20. The second kappa shape index (κ2) is 22.0. The third-order valence-corrected chi connectivity index (χ3v) is 13.6. The number of hydrogen-bond donors (Lipinski definition) is 3. The summed E-state index contributed by atoms with van der Waals surface area (Å²) in [6, 6.07) is 20.3. The molecule has 1 saturated carbocycles. The molecule has 1 aliphatic carbocycles. The number of aromatic carboxylic acids is 3. The highest BCUT2D eigenvalue weighted by Gasteiger charge is 2.28. The highest BCUT2D eigenvalue weighted by molar-refractivity contribution is 5.93. The Morgan fingerprint density at radius 3 is 1.63 bits per heavy atom. The lowest BCUT2D eigenvalue weighted by atomic mass is 9.86. The number of furan rings is 4. The number of carbonyl (C=O) groups is 3. The monoisotopic (exact) mass is 1020 g/mol. The van der Waals surface area contributed by atoms with E-state index in [4.69, 9.17) is 38.0 Å². The van der Waals surface area contributed by atoms with Gasteiger partial charge in [0.1, 0.15) is 39.3 Å². The maximum Gasteiger partial charge on any atom is 0.371 e. The van der Waals surface area contributed by atoms with Crippen LogP contribution in [0.2, 0.25) is 0 Å². The van der Waals surface area contributed by atoms with Crippen molar-refractivity contribution in [2.45, 2.75) is 103 Å². The number of fused-ring (bicyclic) bond motifs is 4. The summed E-state index contributed by atoms with van der Waals surface area (Å²) in [5.41, 5.74) is 5.58. The quantitative estimate of drug-likeness (QED) is 0.109. The van der Waals surface area contributed by atoms with Crippen molar-refractivity contribution in [3.8, 4) is 22.7 Å². The molecular weight excluding hydrogens is 966 g/mol. The minimum absolute atomic E-state index is 0.112. The van der Waals surface area contributed by atoms with E-state index in [1.165, 1.54) is 62.4 Å². The van der Waals surface area contributed by atoms with Crippen LogP contribution in [0.4, 0.5) is 21.8 Å². The molecule has 390 valence electrons. The van der Waals surface area contributed by atoms with Crippen LogP contribution in [0, 0.1) is 5.82 Å². The minimum atomic E-state index is -1.16. The van der Waals surface area contributed by atoms with Gasteiger partial charge < -0.3 is 47.7 Å². The molecule has 20 heteroatoms. The van der Waals surface area contributed by atoms with Crippen LogP contribution in [0.25, 0.3) is 67.4 Å². The van der Waals surface area contributed by atoms with Crippen molar-refractivity contribution in [2.24, 2.45) is 0 Å². The molecule has 11 rings (SSSR count). The predicted molar refractivity (Wildman–Crippen MR) is 280 cm³/mol. The fraction of sp³-hybridized carbons (Fsp3) is 0.364. The molecule has 0 spiro atoms. The number of para-hydroxylation sites is 1. The molecule has 0 bridgehead atoms. The summed E-state index contributed by atoms with van der Waals surface area (Å²) in [6.07, 6.45) is 10.4. The molecule has 9 aromatic rings. The first-order valence-electron chi connectivity index (χ1n) is 25.1. The standard InChI is InChI=1S/C19H18FN3O3.C19H17N3O4.C17H23N3O3/c20-13-7-5-12(6-8-13)16-17(23-9-3-1-2-4-10-23)22-18-14(21-16)11-15(26-18)19(24)25;1-10(2)22(3)17-16(14-8-11-6-4-5-7-13(11)25-14)20-12-9-15(19(23)24)26-18(12)21-17;1-10(2)20(3)15-14(11-7-5-4-6-8-11)18-12-9-13(17(21)22)23-16(12)19-15/h5-8,11H,1-4,9-10H2,(H,24,25);4-10H,1-3H3,(H,23,24);9-11H,4-8H2,1-3H3,(H,21,22). The summed E-state index contributed by atoms with van der Waals surface area (Å²) in [6.45, 7) is 9.95. The second-order valence-electron chi connectivity index (χ2n) is 19.3. The van der Waals surface area contributed by atoms with Crippen molar-refractivity contribution >= 4 is 80.0 Å². The van der Waals surface area contributed by atoms with Crippen LogP contribution in [0.1, 0.15) is 129 Å². The van der Waals surface area contributed by atoms with Gasteiger partial charge in [0.05, 0.1) is 5.69 Å². The van der Waals surface area contributed by atoms with Gasteiger partial charge >= 0.3 is 17.9 Å². The molecule has 2 aromatic carbocycles. The molecule has 0 radical (unpaired) electrons. The van der Waals surface area contributed by atoms with Crippen molar-refractivity contribution in [2.75, 3.05) is 41.9 Å². The zero-order valence-corrected chi connectivity index (χ0v) is 42.5. The van der Waals surface area contributed by atoms with Gasteiger partial charge in [-0.3, -0.25) is 0 Å². The van der Waals surface area contributed by atoms with E-state index in [1.54, 1.807) is 12.1 Å². The smallest absolute Gasteiger partial charge is 0.371 e. The van der Waals surface area contributed by atoms with Crippen molar-refractivity contribution in [3.63, 3.8) is 0 Å². The van der Waals surface area contributed by atoms with Gasteiger partial charge in [-0.2, -0.15) is 15.0 Å². The maximum atomic E-state index is 13.3. The zero-order chi connectivity index (χ0) is 53.1. The fourth-order valence-corrected chi connectivity index (χ4v) is 9.10. The lowest BCUT2D eigenvalue weighted by Gasteiger charge is -2.28. The van der Waals surface area contributed by atoms with Crippen LogP contribution in [-0.2, 0) is 0 Å². The summed E-state index contributed by atoms with van der Waals surface area (Å²) in [4.78, 5) is 67.3. The lowest BCUT2D eigenvalue weighted by Crippen LogP contribution is -2.29. The molecule has 0 amide bonds. The molecule has 1 aliphatic heterocycles. The Balaban J connectivity index is 0.000000138. The zero-order valence-electron chi connectivity index (χ0n) is 42.5. The van der Waals surface area contributed by atoms with E-state index in [-0.39, 0.29) is 46.6 Å². The Kier molecular flexibility index (Phi) is 15.1. The molecule has 0 unspecified atom stereocenters. The van der Waals surface area contributed by atoms with Crippen molar-refractivity contribution in [3.05, 3.63) is 102 Å². The number of rotatable bonds is 11. The molecular formula is C55H58FN9O10. The molecule has 75 heavy (non-hydrogen) atoms. The van der Waals surface area contributed by atoms with Crippen molar-refractivity contribution in [1.29, 1.82) is 0 Å². The van der Waals surface area contributed by atoms with Crippen molar-refractivity contribution in [1.82, 2.24) is 29.9 Å². The summed E-state index contributed by atoms with van der Waals surface area (Å²) in [5, 5.41) is 28.4. The summed E-state index contributed by atoms with van der Waals surface area (Å²) >= 11 is 0. The van der Waals surface area contributed by atoms with Gasteiger partial charge in [-0.15, -0.1) is 0 Å². The van der Waals surface area contributed by atoms with Gasteiger partial charge in [-0.1, -0.05) is 50.3 Å². The number of benzene rings is 2. The SMILES string of the molecule is CC(C)N(C)c1nc2oc(C(=O)O)cc2nc1-c1cc2ccccc2o1.CC(C)N(C)c1nc2oc(C(=O)O)cc2nc1C1CCCCC1.O=C(O)c1cc2nc(-c3ccc(F)cc3)c(N3CCCCCC3)nc2o1. The average molecular weight is 1020 g/mol. The number of carboxylic acids is 3. The highest BCUT2D eigenvalue weighted by atomic mass is 19.1. The van der Waals surface area contributed by atoms with Crippen LogP contribution < -0.4 is 14.7 Å². The molecule has 8 heterocycles. The highest BCUT2D eigenvalue weighted by Crippen LogP contribution is 2.39. The van der Waals surface area contributed by atoms with Gasteiger partial charge in [-0.25, -0.2) is 33.7 Å². The minimum Gasteiger partial charge on any atom is -0.475 e. The first-order chi connectivity index (χ1) is 36.0. The topological polar surface area (TPSA) is 252 Å².